The highest BCUT2D eigenvalue weighted by Gasteiger charge is 2.45. The quantitative estimate of drug-likeness (QED) is 0.926. The number of carboxylic acids is 1. The summed E-state index contributed by atoms with van der Waals surface area (Å²) in [6.07, 6.45) is 7.60. The van der Waals surface area contributed by atoms with E-state index in [0.717, 1.165) is 18.5 Å². The molecule has 0 amide bonds. The zero-order valence-corrected chi connectivity index (χ0v) is 12.9. The number of likely N-dealkylation sites (tertiary alicyclic amines) is 1. The average molecular weight is 291 g/mol. The second kappa shape index (κ2) is 5.79. The van der Waals surface area contributed by atoms with Gasteiger partial charge in [0, 0.05) is 24.8 Å². The third-order valence-corrected chi connectivity index (χ3v) is 5.04. The Morgan fingerprint density at radius 1 is 1.43 bits per heavy atom. The highest BCUT2D eigenvalue weighted by Crippen LogP contribution is 2.40. The van der Waals surface area contributed by atoms with Gasteiger partial charge in [0.25, 0.3) is 0 Å². The smallest absolute Gasteiger partial charge is 0.320 e. The summed E-state index contributed by atoms with van der Waals surface area (Å²) in [4.78, 5) is 13.8. The van der Waals surface area contributed by atoms with Gasteiger partial charge in [-0.1, -0.05) is 12.8 Å². The normalized spacial score (nSPS) is 29.8. The molecule has 1 aliphatic heterocycles. The van der Waals surface area contributed by atoms with Crippen molar-refractivity contribution in [2.24, 2.45) is 5.92 Å². The molecule has 0 spiro atoms. The van der Waals surface area contributed by atoms with Crippen LogP contribution < -0.4 is 0 Å². The van der Waals surface area contributed by atoms with E-state index in [1.54, 1.807) is 0 Å². The lowest BCUT2D eigenvalue weighted by atomic mass is 9.85. The zero-order chi connectivity index (χ0) is 15.0. The van der Waals surface area contributed by atoms with Crippen LogP contribution in [0.25, 0.3) is 0 Å². The van der Waals surface area contributed by atoms with Gasteiger partial charge in [0.05, 0.1) is 5.69 Å². The third kappa shape index (κ3) is 2.84. The average Bonchev–Trinajstić information content (AvgIpc) is 3.05. The molecular weight excluding hydrogens is 266 g/mol. The predicted octanol–water partition coefficient (Wildman–Crippen LogP) is 2.68. The van der Waals surface area contributed by atoms with Gasteiger partial charge in [-0.2, -0.15) is 5.10 Å². The molecule has 1 saturated carbocycles. The topological polar surface area (TPSA) is 58.4 Å². The van der Waals surface area contributed by atoms with Gasteiger partial charge in [-0.15, -0.1) is 0 Å². The minimum Gasteiger partial charge on any atom is -0.480 e. The molecule has 0 bridgehead atoms. The highest BCUT2D eigenvalue weighted by molar-refractivity contribution is 5.74. The predicted molar refractivity (Wildman–Crippen MR) is 79.9 cm³/mol. The summed E-state index contributed by atoms with van der Waals surface area (Å²) in [5, 5.41) is 14.1. The maximum absolute atomic E-state index is 11.6. The molecule has 5 heteroatoms. The zero-order valence-electron chi connectivity index (χ0n) is 12.9. The van der Waals surface area contributed by atoms with Gasteiger partial charge in [0.2, 0.25) is 0 Å². The molecule has 2 fully saturated rings. The second-order valence-corrected chi connectivity index (χ2v) is 6.75. The lowest BCUT2D eigenvalue weighted by Gasteiger charge is -2.32. The van der Waals surface area contributed by atoms with Crippen molar-refractivity contribution in [3.05, 3.63) is 18.0 Å². The highest BCUT2D eigenvalue weighted by atomic mass is 16.4. The molecule has 2 heterocycles. The van der Waals surface area contributed by atoms with E-state index < -0.39 is 5.97 Å². The van der Waals surface area contributed by atoms with Crippen LogP contribution in [-0.2, 0) is 11.3 Å². The van der Waals surface area contributed by atoms with E-state index >= 15 is 0 Å². The van der Waals surface area contributed by atoms with Crippen molar-refractivity contribution in [1.82, 2.24) is 14.7 Å². The van der Waals surface area contributed by atoms with Crippen LogP contribution in [0.5, 0.6) is 0 Å². The van der Waals surface area contributed by atoms with E-state index in [-0.39, 0.29) is 6.04 Å². The van der Waals surface area contributed by atoms with Crippen molar-refractivity contribution in [3.63, 3.8) is 0 Å². The first-order chi connectivity index (χ1) is 10.1. The number of nitrogens with zero attached hydrogens (tertiary/aromatic N) is 3. The molecule has 1 aliphatic carbocycles. The van der Waals surface area contributed by atoms with E-state index in [9.17, 15) is 9.90 Å². The molecular formula is C16H25N3O2. The van der Waals surface area contributed by atoms with Crippen molar-refractivity contribution >= 4 is 5.97 Å². The standard InChI is InChI=1S/C16H25N3O2/c1-11(2)19-8-7-13(17-19)10-18-14-6-4-3-5-12(14)9-15(18)16(20)21/h7-8,11-12,14-15H,3-6,9-10H2,1-2H3,(H,20,21)/t12-,14+,15+/m1/s1. The van der Waals surface area contributed by atoms with E-state index in [4.69, 9.17) is 0 Å². The first-order valence-electron chi connectivity index (χ1n) is 8.09. The maximum Gasteiger partial charge on any atom is 0.320 e. The lowest BCUT2D eigenvalue weighted by molar-refractivity contribution is -0.142. The van der Waals surface area contributed by atoms with E-state index in [2.05, 4.69) is 23.8 Å². The molecule has 0 radical (unpaired) electrons. The summed E-state index contributed by atoms with van der Waals surface area (Å²) >= 11 is 0. The minimum absolute atomic E-state index is 0.331. The Hall–Kier alpha value is -1.36. The molecule has 2 aliphatic rings. The van der Waals surface area contributed by atoms with Gasteiger partial charge < -0.3 is 5.11 Å². The molecule has 1 aromatic rings. The molecule has 3 atom stereocenters. The largest absolute Gasteiger partial charge is 0.480 e. The van der Waals surface area contributed by atoms with Crippen LogP contribution >= 0.6 is 0 Å². The molecule has 0 aromatic carbocycles. The van der Waals surface area contributed by atoms with Crippen molar-refractivity contribution < 1.29 is 9.90 Å². The van der Waals surface area contributed by atoms with E-state index in [1.807, 2.05) is 16.9 Å². The van der Waals surface area contributed by atoms with Gasteiger partial charge in [-0.05, 0) is 45.1 Å². The van der Waals surface area contributed by atoms with Crippen LogP contribution in [0.1, 0.15) is 57.7 Å². The molecule has 5 nitrogen and oxygen atoms in total. The van der Waals surface area contributed by atoms with Crippen molar-refractivity contribution in [1.29, 1.82) is 0 Å². The summed E-state index contributed by atoms with van der Waals surface area (Å²) in [6, 6.07) is 2.47. The van der Waals surface area contributed by atoms with E-state index in [1.165, 1.54) is 19.3 Å². The summed E-state index contributed by atoms with van der Waals surface area (Å²) < 4.78 is 1.94. The lowest BCUT2D eigenvalue weighted by Crippen LogP contribution is -2.41. The maximum atomic E-state index is 11.6. The number of aliphatic carboxylic acids is 1. The van der Waals surface area contributed by atoms with Crippen LogP contribution in [0, 0.1) is 5.92 Å². The molecule has 116 valence electrons. The summed E-state index contributed by atoms with van der Waals surface area (Å²) in [5.74, 6) is -0.111. The fourth-order valence-corrected chi connectivity index (χ4v) is 3.96. The number of fused-ring (bicyclic) bond motifs is 1. The molecule has 3 rings (SSSR count). The van der Waals surface area contributed by atoms with Crippen LogP contribution in [0.3, 0.4) is 0 Å². The number of aromatic nitrogens is 2. The molecule has 21 heavy (non-hydrogen) atoms. The Balaban J connectivity index is 1.78. The Morgan fingerprint density at radius 3 is 2.86 bits per heavy atom. The first kappa shape index (κ1) is 14.6. The van der Waals surface area contributed by atoms with Gasteiger partial charge >= 0.3 is 5.97 Å². The molecule has 1 aromatic heterocycles. The van der Waals surface area contributed by atoms with Crippen molar-refractivity contribution in [2.45, 2.75) is 70.6 Å². The Morgan fingerprint density at radius 2 is 2.19 bits per heavy atom. The second-order valence-electron chi connectivity index (χ2n) is 6.75. The fraction of sp³-hybridized carbons (Fsp3) is 0.750. The van der Waals surface area contributed by atoms with Crippen molar-refractivity contribution in [3.8, 4) is 0 Å². The van der Waals surface area contributed by atoms with Gasteiger partial charge in [0.15, 0.2) is 0 Å². The number of rotatable bonds is 4. The van der Waals surface area contributed by atoms with Crippen LogP contribution in [0.4, 0.5) is 0 Å². The number of hydrogen-bond donors (Lipinski definition) is 1. The van der Waals surface area contributed by atoms with Gasteiger partial charge in [-0.3, -0.25) is 14.4 Å². The Bertz CT molecular complexity index is 511. The van der Waals surface area contributed by atoms with Gasteiger partial charge in [0.1, 0.15) is 6.04 Å². The SMILES string of the molecule is CC(C)n1ccc(CN2[C@H](C(=O)O)C[C@H]3CCCC[C@@H]32)n1. The third-order valence-electron chi connectivity index (χ3n) is 5.04. The molecule has 1 N–H and O–H groups in total. The minimum atomic E-state index is -0.673. The van der Waals surface area contributed by atoms with Crippen LogP contribution in [-0.4, -0.2) is 37.8 Å². The van der Waals surface area contributed by atoms with E-state index in [0.29, 0.717) is 24.5 Å². The Labute approximate surface area is 125 Å². The number of hydrogen-bond acceptors (Lipinski definition) is 3. The van der Waals surface area contributed by atoms with Gasteiger partial charge in [-0.25, -0.2) is 0 Å². The fourth-order valence-electron chi connectivity index (χ4n) is 3.96. The molecule has 0 unspecified atom stereocenters. The number of carbonyl (C=O) groups is 1. The van der Waals surface area contributed by atoms with Crippen molar-refractivity contribution in [2.75, 3.05) is 0 Å². The Kier molecular flexibility index (Phi) is 4.02. The summed E-state index contributed by atoms with van der Waals surface area (Å²) in [5.41, 5.74) is 0.987. The van der Waals surface area contributed by atoms with Crippen LogP contribution in [0.15, 0.2) is 12.3 Å². The summed E-state index contributed by atoms with van der Waals surface area (Å²) in [6.45, 7) is 4.87. The molecule has 1 saturated heterocycles. The van der Waals surface area contributed by atoms with Crippen LogP contribution in [0.2, 0.25) is 0 Å². The number of carboxylic acid groups (broad SMARTS) is 1. The summed E-state index contributed by atoms with van der Waals surface area (Å²) in [7, 11) is 0. The first-order valence-corrected chi connectivity index (χ1v) is 8.09. The monoisotopic (exact) mass is 291 g/mol.